The summed E-state index contributed by atoms with van der Waals surface area (Å²) < 4.78 is 29.4. The summed E-state index contributed by atoms with van der Waals surface area (Å²) in [5.41, 5.74) is 3.95. The fraction of sp³-hybridized carbons (Fsp3) is 0.269. The first-order valence-electron chi connectivity index (χ1n) is 11.0. The van der Waals surface area contributed by atoms with Gasteiger partial charge in [0.1, 0.15) is 0 Å². The lowest BCUT2D eigenvalue weighted by atomic mass is 10.1. The van der Waals surface area contributed by atoms with E-state index in [0.717, 1.165) is 33.3 Å². The van der Waals surface area contributed by atoms with Crippen molar-refractivity contribution in [1.82, 2.24) is 4.31 Å². The summed E-state index contributed by atoms with van der Waals surface area (Å²) in [6.07, 6.45) is 1.27. The molecule has 0 saturated carbocycles. The van der Waals surface area contributed by atoms with Crippen LogP contribution in [0.3, 0.4) is 0 Å². The third-order valence-electron chi connectivity index (χ3n) is 5.99. The Bertz CT molecular complexity index is 1240. The molecule has 4 rings (SSSR count). The second-order valence-electron chi connectivity index (χ2n) is 8.48. The largest absolute Gasteiger partial charge is 0.308 e. The molecule has 0 N–H and O–H groups in total. The second-order valence-corrected chi connectivity index (χ2v) is 11.3. The number of benzene rings is 3. The van der Waals surface area contributed by atoms with E-state index < -0.39 is 10.0 Å². The summed E-state index contributed by atoms with van der Waals surface area (Å²) in [6, 6.07) is 22.3. The summed E-state index contributed by atoms with van der Waals surface area (Å²) in [7, 11) is -3.84. The number of carbonyl (C=O) groups is 1. The molecule has 0 spiro atoms. The number of carbonyl (C=O) groups excluding carboxylic acids is 1. The van der Waals surface area contributed by atoms with Crippen LogP contribution in [0, 0.1) is 6.92 Å². The maximum atomic E-state index is 13.5. The van der Waals surface area contributed by atoms with Gasteiger partial charge in [0.2, 0.25) is 15.9 Å². The number of nitrogens with zero attached hydrogens (tertiary/aromatic N) is 2. The van der Waals surface area contributed by atoms with Gasteiger partial charge in [-0.15, -0.1) is 0 Å². The van der Waals surface area contributed by atoms with Crippen molar-refractivity contribution in [2.75, 3.05) is 18.0 Å². The maximum absolute atomic E-state index is 13.5. The standard InChI is InChI=1S/C26H27BrN2O3S/c1-19-8-11-24(12-9-19)33(31,32)28(15-14-21-6-4-3-5-7-21)18-26(30)29-20(2)16-22-17-23(27)10-13-25(22)29/h3-13,17,20H,14-16,18H2,1-2H3. The number of aryl methyl sites for hydroxylation is 1. The first-order chi connectivity index (χ1) is 15.8. The topological polar surface area (TPSA) is 57.7 Å². The average Bonchev–Trinajstić information content (AvgIpc) is 3.12. The highest BCUT2D eigenvalue weighted by atomic mass is 79.9. The Kier molecular flexibility index (Phi) is 7.02. The Hall–Kier alpha value is -2.48. The van der Waals surface area contributed by atoms with Crippen molar-refractivity contribution < 1.29 is 13.2 Å². The third kappa shape index (κ3) is 5.21. The van der Waals surface area contributed by atoms with Crippen LogP contribution in [-0.2, 0) is 27.7 Å². The number of sulfonamides is 1. The van der Waals surface area contributed by atoms with Crippen LogP contribution < -0.4 is 4.90 Å². The van der Waals surface area contributed by atoms with Crippen molar-refractivity contribution in [3.05, 3.63) is 94.0 Å². The van der Waals surface area contributed by atoms with Gasteiger partial charge in [-0.2, -0.15) is 4.31 Å². The summed E-state index contributed by atoms with van der Waals surface area (Å²) >= 11 is 3.49. The lowest BCUT2D eigenvalue weighted by Crippen LogP contribution is -2.45. The van der Waals surface area contributed by atoms with Crippen LogP contribution in [0.1, 0.15) is 23.6 Å². The van der Waals surface area contributed by atoms with Crippen LogP contribution in [-0.4, -0.2) is 37.8 Å². The van der Waals surface area contributed by atoms with Gasteiger partial charge < -0.3 is 4.90 Å². The number of halogens is 1. The molecule has 1 heterocycles. The van der Waals surface area contributed by atoms with Crippen molar-refractivity contribution in [3.8, 4) is 0 Å². The van der Waals surface area contributed by atoms with Crippen molar-refractivity contribution in [1.29, 1.82) is 0 Å². The van der Waals surface area contributed by atoms with Crippen LogP contribution >= 0.6 is 15.9 Å². The van der Waals surface area contributed by atoms with E-state index >= 15 is 0 Å². The fourth-order valence-electron chi connectivity index (χ4n) is 4.25. The van der Waals surface area contributed by atoms with Gasteiger partial charge in [0.15, 0.2) is 0 Å². The number of hydrogen-bond donors (Lipinski definition) is 0. The van der Waals surface area contributed by atoms with E-state index in [-0.39, 0.29) is 29.9 Å². The van der Waals surface area contributed by atoms with Gasteiger partial charge >= 0.3 is 0 Å². The minimum Gasteiger partial charge on any atom is -0.308 e. The number of rotatable bonds is 7. The monoisotopic (exact) mass is 526 g/mol. The molecule has 0 radical (unpaired) electrons. The van der Waals surface area contributed by atoms with Gasteiger partial charge in [-0.25, -0.2) is 8.42 Å². The van der Waals surface area contributed by atoms with E-state index in [0.29, 0.717) is 6.42 Å². The second kappa shape index (κ2) is 9.79. The zero-order chi connectivity index (χ0) is 23.6. The molecule has 0 aliphatic carbocycles. The Morgan fingerprint density at radius 3 is 2.45 bits per heavy atom. The quantitative estimate of drug-likeness (QED) is 0.436. The van der Waals surface area contributed by atoms with Gasteiger partial charge in [0.25, 0.3) is 0 Å². The smallest absolute Gasteiger partial charge is 0.243 e. The van der Waals surface area contributed by atoms with Gasteiger partial charge in [-0.05, 0) is 68.1 Å². The fourth-order valence-corrected chi connectivity index (χ4v) is 6.05. The van der Waals surface area contributed by atoms with E-state index in [4.69, 9.17) is 0 Å². The van der Waals surface area contributed by atoms with Crippen LogP contribution in [0.15, 0.2) is 82.2 Å². The van der Waals surface area contributed by atoms with E-state index in [2.05, 4.69) is 15.9 Å². The minimum atomic E-state index is -3.84. The molecule has 172 valence electrons. The maximum Gasteiger partial charge on any atom is 0.243 e. The number of anilines is 1. The molecule has 1 aliphatic rings. The summed E-state index contributed by atoms with van der Waals surface area (Å²) in [6.45, 7) is 3.93. The highest BCUT2D eigenvalue weighted by Crippen LogP contribution is 2.34. The van der Waals surface area contributed by atoms with Gasteiger partial charge in [-0.1, -0.05) is 64.0 Å². The number of fused-ring (bicyclic) bond motifs is 1. The van der Waals surface area contributed by atoms with E-state index in [1.165, 1.54) is 4.31 Å². The molecule has 0 saturated heterocycles. The van der Waals surface area contributed by atoms with E-state index in [1.807, 2.05) is 62.4 Å². The van der Waals surface area contributed by atoms with Crippen molar-refractivity contribution >= 4 is 37.5 Å². The molecule has 3 aromatic carbocycles. The molecular weight excluding hydrogens is 500 g/mol. The predicted molar refractivity (Wildman–Crippen MR) is 135 cm³/mol. The Labute approximate surface area is 204 Å². The molecule has 3 aromatic rings. The molecule has 0 fully saturated rings. The average molecular weight is 527 g/mol. The van der Waals surface area contributed by atoms with Crippen molar-refractivity contribution in [3.63, 3.8) is 0 Å². The first kappa shape index (κ1) is 23.7. The van der Waals surface area contributed by atoms with Crippen LogP contribution in [0.25, 0.3) is 0 Å². The first-order valence-corrected chi connectivity index (χ1v) is 13.2. The molecule has 33 heavy (non-hydrogen) atoms. The molecule has 1 aliphatic heterocycles. The van der Waals surface area contributed by atoms with Gasteiger partial charge in [-0.3, -0.25) is 4.79 Å². The van der Waals surface area contributed by atoms with Gasteiger partial charge in [0.05, 0.1) is 11.4 Å². The SMILES string of the molecule is Cc1ccc(S(=O)(=O)N(CCc2ccccc2)CC(=O)N2c3ccc(Br)cc3CC2C)cc1. The summed E-state index contributed by atoms with van der Waals surface area (Å²) in [5, 5.41) is 0. The van der Waals surface area contributed by atoms with Crippen LogP contribution in [0.2, 0.25) is 0 Å². The molecule has 7 heteroatoms. The van der Waals surface area contributed by atoms with Crippen molar-refractivity contribution in [2.45, 2.75) is 37.6 Å². The van der Waals surface area contributed by atoms with Crippen molar-refractivity contribution in [2.24, 2.45) is 0 Å². The Morgan fingerprint density at radius 2 is 1.76 bits per heavy atom. The number of hydrogen-bond acceptors (Lipinski definition) is 3. The zero-order valence-electron chi connectivity index (χ0n) is 18.7. The molecule has 1 atom stereocenters. The molecule has 5 nitrogen and oxygen atoms in total. The highest BCUT2D eigenvalue weighted by Gasteiger charge is 2.34. The molecule has 0 aromatic heterocycles. The van der Waals surface area contributed by atoms with Crippen LogP contribution in [0.5, 0.6) is 0 Å². The lowest BCUT2D eigenvalue weighted by molar-refractivity contribution is -0.119. The van der Waals surface area contributed by atoms with Gasteiger partial charge in [0, 0.05) is 22.7 Å². The Balaban J connectivity index is 1.62. The molecule has 1 amide bonds. The minimum absolute atomic E-state index is 0.0279. The third-order valence-corrected chi connectivity index (χ3v) is 8.34. The summed E-state index contributed by atoms with van der Waals surface area (Å²) in [5.74, 6) is -0.215. The normalized spacial score (nSPS) is 15.6. The zero-order valence-corrected chi connectivity index (χ0v) is 21.1. The Morgan fingerprint density at radius 1 is 1.06 bits per heavy atom. The van der Waals surface area contributed by atoms with E-state index in [9.17, 15) is 13.2 Å². The number of amides is 1. The molecule has 1 unspecified atom stereocenters. The van der Waals surface area contributed by atoms with E-state index in [1.54, 1.807) is 29.2 Å². The van der Waals surface area contributed by atoms with Crippen LogP contribution in [0.4, 0.5) is 5.69 Å². The summed E-state index contributed by atoms with van der Waals surface area (Å²) in [4.78, 5) is 15.4. The predicted octanol–water partition coefficient (Wildman–Crippen LogP) is 4.97. The highest BCUT2D eigenvalue weighted by molar-refractivity contribution is 9.10. The molecular formula is C26H27BrN2O3S. The molecule has 0 bridgehead atoms. The lowest BCUT2D eigenvalue weighted by Gasteiger charge is -2.27.